The number of rotatable bonds is 14. The zero-order valence-corrected chi connectivity index (χ0v) is 40.4. The van der Waals surface area contributed by atoms with Gasteiger partial charge in [-0.05, 0) is 105 Å². The summed E-state index contributed by atoms with van der Waals surface area (Å²) in [6.45, 7) is 9.42. The molecule has 5 aliphatic heterocycles. The van der Waals surface area contributed by atoms with Crippen LogP contribution in [0.4, 0.5) is 5.82 Å². The molecule has 3 aromatic heterocycles. The van der Waals surface area contributed by atoms with Crippen LogP contribution in [0.2, 0.25) is 0 Å². The number of ether oxygens (including phenoxy) is 1. The number of likely N-dealkylation sites (tertiary alicyclic amines) is 1. The number of nitrogens with one attached hydrogen (secondary N) is 2. The van der Waals surface area contributed by atoms with Crippen molar-refractivity contribution < 1.29 is 28.7 Å². The van der Waals surface area contributed by atoms with Crippen LogP contribution >= 0.6 is 0 Å². The minimum atomic E-state index is -0.622. The number of carbonyl (C=O) groups is 5. The number of hydrogen-bond acceptors (Lipinski definition) is 12. The SMILES string of the molecule is CCOc1cc(-c2ccc(N3CCC(Cc4ccccc4)(NC(=O)CN4CCN(C(=O)CCN5CCC(c6ccc7c(c6)C(=O)N(C6CCC(=O)NC6=O)C7)CC5)CC4)CC3)nc2)c2c(C#N)cnn2c1. The molecule has 4 saturated heterocycles. The van der Waals surface area contributed by atoms with Crippen LogP contribution in [0.3, 0.4) is 0 Å². The van der Waals surface area contributed by atoms with E-state index in [2.05, 4.69) is 54.7 Å². The maximum Gasteiger partial charge on any atom is 0.255 e. The summed E-state index contributed by atoms with van der Waals surface area (Å²) in [4.78, 5) is 80.1. The Kier molecular flexibility index (Phi) is 13.8. The molecular formula is C54H61N11O6. The number of piperidine rings is 3. The molecule has 368 valence electrons. The quantitative estimate of drug-likeness (QED) is 0.148. The van der Waals surface area contributed by atoms with Gasteiger partial charge in [0, 0.05) is 93.6 Å². The van der Waals surface area contributed by atoms with E-state index < -0.39 is 17.5 Å². The van der Waals surface area contributed by atoms with E-state index in [9.17, 15) is 29.2 Å². The summed E-state index contributed by atoms with van der Waals surface area (Å²) in [6, 6.07) is 24.1. The van der Waals surface area contributed by atoms with Gasteiger partial charge in [-0.15, -0.1) is 0 Å². The second kappa shape index (κ2) is 20.7. The number of pyridine rings is 2. The first-order chi connectivity index (χ1) is 34.5. The van der Waals surface area contributed by atoms with Crippen LogP contribution in [0.1, 0.15) is 90.4 Å². The van der Waals surface area contributed by atoms with E-state index in [-0.39, 0.29) is 36.6 Å². The van der Waals surface area contributed by atoms with Gasteiger partial charge in [0.15, 0.2) is 0 Å². The molecule has 2 N–H and O–H groups in total. The third-order valence-corrected chi connectivity index (χ3v) is 15.3. The van der Waals surface area contributed by atoms with Gasteiger partial charge in [-0.2, -0.15) is 10.4 Å². The van der Waals surface area contributed by atoms with Crippen molar-refractivity contribution in [1.82, 2.24) is 44.8 Å². The van der Waals surface area contributed by atoms with E-state index in [0.717, 1.165) is 86.4 Å². The summed E-state index contributed by atoms with van der Waals surface area (Å²) in [5, 5.41) is 20.1. The van der Waals surface area contributed by atoms with Gasteiger partial charge in [-0.3, -0.25) is 34.2 Å². The van der Waals surface area contributed by atoms with Gasteiger partial charge in [-0.1, -0.05) is 42.5 Å². The largest absolute Gasteiger partial charge is 0.492 e. The molecule has 5 amide bonds. The second-order valence-electron chi connectivity index (χ2n) is 19.7. The zero-order valence-electron chi connectivity index (χ0n) is 40.4. The van der Waals surface area contributed by atoms with Crippen LogP contribution in [0.25, 0.3) is 16.6 Å². The smallest absolute Gasteiger partial charge is 0.255 e. The number of aromatic nitrogens is 3. The van der Waals surface area contributed by atoms with Gasteiger partial charge in [0.2, 0.25) is 23.6 Å². The van der Waals surface area contributed by atoms with E-state index in [1.54, 1.807) is 21.8 Å². The summed E-state index contributed by atoms with van der Waals surface area (Å²) in [7, 11) is 0. The van der Waals surface area contributed by atoms with Crippen molar-refractivity contribution in [3.63, 3.8) is 0 Å². The number of hydrogen-bond donors (Lipinski definition) is 2. The van der Waals surface area contributed by atoms with Gasteiger partial charge >= 0.3 is 0 Å². The Morgan fingerprint density at radius 1 is 0.887 bits per heavy atom. The maximum atomic E-state index is 13.9. The molecule has 1 atom stereocenters. The van der Waals surface area contributed by atoms with Crippen LogP contribution < -0.4 is 20.3 Å². The molecule has 0 bridgehead atoms. The molecule has 0 aliphatic carbocycles. The number of anilines is 1. The first kappa shape index (κ1) is 47.5. The van der Waals surface area contributed by atoms with Gasteiger partial charge in [-0.25, -0.2) is 9.50 Å². The predicted octanol–water partition coefficient (Wildman–Crippen LogP) is 4.54. The Hall–Kier alpha value is -7.16. The molecule has 10 rings (SSSR count). The Morgan fingerprint density at radius 2 is 1.68 bits per heavy atom. The third-order valence-electron chi connectivity index (χ3n) is 15.3. The number of carbonyl (C=O) groups excluding carboxylic acids is 5. The fourth-order valence-electron chi connectivity index (χ4n) is 11.3. The summed E-state index contributed by atoms with van der Waals surface area (Å²) in [5.74, 6) is 1.13. The second-order valence-corrected chi connectivity index (χ2v) is 19.7. The van der Waals surface area contributed by atoms with Crippen molar-refractivity contribution in [2.45, 2.75) is 82.3 Å². The number of fused-ring (bicyclic) bond motifs is 2. The van der Waals surface area contributed by atoms with Crippen molar-refractivity contribution in [1.29, 1.82) is 5.26 Å². The molecule has 0 saturated carbocycles. The van der Waals surface area contributed by atoms with Crippen molar-refractivity contribution in [2.75, 3.05) is 77.0 Å². The van der Waals surface area contributed by atoms with Crippen molar-refractivity contribution in [2.24, 2.45) is 0 Å². The van der Waals surface area contributed by atoms with Crippen molar-refractivity contribution in [3.05, 3.63) is 113 Å². The maximum absolute atomic E-state index is 13.9. The van der Waals surface area contributed by atoms with E-state index in [1.165, 1.54) is 5.56 Å². The predicted molar refractivity (Wildman–Crippen MR) is 265 cm³/mol. The summed E-state index contributed by atoms with van der Waals surface area (Å²) < 4.78 is 7.49. The summed E-state index contributed by atoms with van der Waals surface area (Å²) >= 11 is 0. The number of piperazine rings is 1. The molecule has 71 heavy (non-hydrogen) atoms. The van der Waals surface area contributed by atoms with E-state index >= 15 is 0 Å². The number of benzene rings is 2. The topological polar surface area (TPSA) is 189 Å². The molecule has 1 unspecified atom stereocenters. The van der Waals surface area contributed by atoms with E-state index in [4.69, 9.17) is 9.72 Å². The molecule has 0 spiro atoms. The molecule has 0 radical (unpaired) electrons. The van der Waals surface area contributed by atoms with Gasteiger partial charge in [0.05, 0.1) is 36.6 Å². The zero-order chi connectivity index (χ0) is 49.1. The van der Waals surface area contributed by atoms with Crippen LogP contribution in [0, 0.1) is 11.3 Å². The highest BCUT2D eigenvalue weighted by molar-refractivity contribution is 6.05. The van der Waals surface area contributed by atoms with E-state index in [0.29, 0.717) is 87.0 Å². The normalized spacial score (nSPS) is 19.9. The summed E-state index contributed by atoms with van der Waals surface area (Å²) in [6.07, 6.45) is 10.3. The molecule has 2 aromatic carbocycles. The van der Waals surface area contributed by atoms with Gasteiger partial charge in [0.1, 0.15) is 23.7 Å². The Labute approximate surface area is 413 Å². The van der Waals surface area contributed by atoms with Gasteiger partial charge < -0.3 is 29.7 Å². The van der Waals surface area contributed by atoms with Gasteiger partial charge in [0.25, 0.3) is 5.91 Å². The highest BCUT2D eigenvalue weighted by atomic mass is 16.5. The monoisotopic (exact) mass is 959 g/mol. The Balaban J connectivity index is 0.683. The molecular weight excluding hydrogens is 899 g/mol. The third kappa shape index (κ3) is 10.4. The average Bonchev–Trinajstić information content (AvgIpc) is 3.96. The van der Waals surface area contributed by atoms with Crippen LogP contribution in [0.5, 0.6) is 5.75 Å². The fourth-order valence-corrected chi connectivity index (χ4v) is 11.3. The highest BCUT2D eigenvalue weighted by Crippen LogP contribution is 2.36. The first-order valence-electron chi connectivity index (χ1n) is 25.2. The molecule has 17 nitrogen and oxygen atoms in total. The lowest BCUT2D eigenvalue weighted by molar-refractivity contribution is -0.137. The molecule has 4 fully saturated rings. The van der Waals surface area contributed by atoms with E-state index in [1.807, 2.05) is 66.6 Å². The van der Waals surface area contributed by atoms with Crippen molar-refractivity contribution in [3.8, 4) is 22.9 Å². The van der Waals surface area contributed by atoms with Crippen molar-refractivity contribution >= 4 is 40.9 Å². The standard InChI is InChI=1S/C54H61N11O6/c1-2-71-43-29-44(51-42(31-55)33-57-65(51)35-43)40-10-12-47(56-32-40)62-22-17-54(18-23-62,30-37-6-4-3-5-7-37)59-49(67)36-61-24-26-63(27-25-61)50(68)16-21-60-19-14-38(15-20-60)39-8-9-41-34-64(53(70)45(41)28-39)46-11-13-48(66)58-52(46)69/h3-10,12,28-29,32-33,35,38,46H,2,11,13-27,30,34,36H2,1H3,(H,59,67)(H,58,66,69). The Bertz CT molecular complexity index is 2840. The fraction of sp³-hybridized carbons (Fsp3) is 0.444. The number of nitrogens with zero attached hydrogens (tertiary/aromatic N) is 9. The minimum Gasteiger partial charge on any atom is -0.492 e. The lowest BCUT2D eigenvalue weighted by Crippen LogP contribution is -2.59. The molecule has 8 heterocycles. The Morgan fingerprint density at radius 3 is 2.39 bits per heavy atom. The highest BCUT2D eigenvalue weighted by Gasteiger charge is 2.40. The van der Waals surface area contributed by atoms with Crippen LogP contribution in [-0.2, 0) is 32.1 Å². The molecule has 17 heteroatoms. The first-order valence-corrected chi connectivity index (χ1v) is 25.2. The molecule has 5 aromatic rings. The average molecular weight is 960 g/mol. The van der Waals surface area contributed by atoms with Crippen LogP contribution in [0.15, 0.2) is 85.3 Å². The number of nitriles is 1. The minimum absolute atomic E-state index is 0.00191. The lowest BCUT2D eigenvalue weighted by Gasteiger charge is -2.43. The van der Waals surface area contributed by atoms with Crippen LogP contribution in [-0.4, -0.2) is 147 Å². The number of amides is 5. The summed E-state index contributed by atoms with van der Waals surface area (Å²) in [5.41, 5.74) is 6.32. The lowest BCUT2D eigenvalue weighted by atomic mass is 9.81. The molecule has 5 aliphatic rings. The number of imide groups is 1.